The van der Waals surface area contributed by atoms with E-state index in [1.165, 1.54) is 0 Å². The van der Waals surface area contributed by atoms with Crippen LogP contribution in [-0.2, 0) is 11.3 Å². The molecule has 0 bridgehead atoms. The van der Waals surface area contributed by atoms with Gasteiger partial charge in [-0.25, -0.2) is 4.98 Å². The van der Waals surface area contributed by atoms with Crippen molar-refractivity contribution in [2.24, 2.45) is 5.73 Å². The fraction of sp³-hybridized carbons (Fsp3) is 0.615. The van der Waals surface area contributed by atoms with Crippen LogP contribution < -0.4 is 10.6 Å². The van der Waals surface area contributed by atoms with Gasteiger partial charge in [0.1, 0.15) is 5.82 Å². The van der Waals surface area contributed by atoms with Gasteiger partial charge in [-0.1, -0.05) is 6.07 Å². The van der Waals surface area contributed by atoms with E-state index < -0.39 is 0 Å². The highest BCUT2D eigenvalue weighted by Gasteiger charge is 2.24. The van der Waals surface area contributed by atoms with Crippen LogP contribution in [0.2, 0.25) is 0 Å². The third kappa shape index (κ3) is 2.58. The standard InChI is InChI=1S/C13H21N3O/c1-9-8-17-10(2)7-16(9)13-5-4-12(6-14)11(3)15-13/h4-5,9-10H,6-8,14H2,1-3H3. The number of anilines is 1. The van der Waals surface area contributed by atoms with Gasteiger partial charge in [0.2, 0.25) is 0 Å². The molecule has 1 aromatic heterocycles. The first-order valence-electron chi connectivity index (χ1n) is 6.16. The number of aryl methyl sites for hydroxylation is 1. The molecule has 4 heteroatoms. The van der Waals surface area contributed by atoms with Gasteiger partial charge < -0.3 is 15.4 Å². The molecule has 17 heavy (non-hydrogen) atoms. The smallest absolute Gasteiger partial charge is 0.129 e. The summed E-state index contributed by atoms with van der Waals surface area (Å²) in [5, 5.41) is 0. The highest BCUT2D eigenvalue weighted by Crippen LogP contribution is 2.21. The van der Waals surface area contributed by atoms with Gasteiger partial charge in [-0.3, -0.25) is 0 Å². The van der Waals surface area contributed by atoms with E-state index in [0.717, 1.165) is 30.2 Å². The number of morpholine rings is 1. The van der Waals surface area contributed by atoms with E-state index in [1.807, 2.05) is 6.92 Å². The molecule has 2 N–H and O–H groups in total. The molecule has 0 aliphatic carbocycles. The molecule has 2 unspecified atom stereocenters. The fourth-order valence-corrected chi connectivity index (χ4v) is 2.17. The van der Waals surface area contributed by atoms with Crippen molar-refractivity contribution in [1.82, 2.24) is 4.98 Å². The highest BCUT2D eigenvalue weighted by atomic mass is 16.5. The minimum Gasteiger partial charge on any atom is -0.375 e. The summed E-state index contributed by atoms with van der Waals surface area (Å²) in [5.74, 6) is 1.03. The van der Waals surface area contributed by atoms with Crippen LogP contribution in [0.1, 0.15) is 25.1 Å². The topological polar surface area (TPSA) is 51.4 Å². The molecule has 0 saturated carbocycles. The average molecular weight is 235 g/mol. The summed E-state index contributed by atoms with van der Waals surface area (Å²) in [7, 11) is 0. The molecule has 4 nitrogen and oxygen atoms in total. The Morgan fingerprint density at radius 2 is 2.24 bits per heavy atom. The van der Waals surface area contributed by atoms with Crippen LogP contribution in [0, 0.1) is 6.92 Å². The molecule has 0 aromatic carbocycles. The maximum Gasteiger partial charge on any atom is 0.129 e. The predicted octanol–water partition coefficient (Wildman–Crippen LogP) is 1.46. The number of hydrogen-bond acceptors (Lipinski definition) is 4. The molecular formula is C13H21N3O. The van der Waals surface area contributed by atoms with Crippen LogP contribution in [0.3, 0.4) is 0 Å². The SMILES string of the molecule is Cc1nc(N2CC(C)OCC2C)ccc1CN. The number of aromatic nitrogens is 1. The lowest BCUT2D eigenvalue weighted by Gasteiger charge is -2.37. The lowest BCUT2D eigenvalue weighted by Crippen LogP contribution is -2.47. The summed E-state index contributed by atoms with van der Waals surface area (Å²) in [6, 6.07) is 4.51. The summed E-state index contributed by atoms with van der Waals surface area (Å²) in [4.78, 5) is 6.95. The quantitative estimate of drug-likeness (QED) is 0.843. The van der Waals surface area contributed by atoms with Crippen LogP contribution >= 0.6 is 0 Å². The van der Waals surface area contributed by atoms with Crippen molar-refractivity contribution in [3.8, 4) is 0 Å². The Hall–Kier alpha value is -1.13. The zero-order valence-corrected chi connectivity index (χ0v) is 10.8. The number of pyridine rings is 1. The Bertz CT molecular complexity index is 394. The predicted molar refractivity (Wildman–Crippen MR) is 69.1 cm³/mol. The van der Waals surface area contributed by atoms with Crippen LogP contribution in [0.25, 0.3) is 0 Å². The van der Waals surface area contributed by atoms with Crippen molar-refractivity contribution in [1.29, 1.82) is 0 Å². The number of nitrogens with two attached hydrogens (primary N) is 1. The van der Waals surface area contributed by atoms with E-state index in [1.54, 1.807) is 0 Å². The van der Waals surface area contributed by atoms with E-state index >= 15 is 0 Å². The zero-order chi connectivity index (χ0) is 12.4. The molecule has 0 spiro atoms. The van der Waals surface area contributed by atoms with Gasteiger partial charge in [0.15, 0.2) is 0 Å². The summed E-state index contributed by atoms with van der Waals surface area (Å²) in [6.45, 7) is 8.49. The summed E-state index contributed by atoms with van der Waals surface area (Å²) in [5.41, 5.74) is 7.79. The minimum absolute atomic E-state index is 0.266. The second-order valence-corrected chi connectivity index (χ2v) is 4.76. The second-order valence-electron chi connectivity index (χ2n) is 4.76. The van der Waals surface area contributed by atoms with E-state index in [9.17, 15) is 0 Å². The monoisotopic (exact) mass is 235 g/mol. The van der Waals surface area contributed by atoms with Crippen LogP contribution in [0.4, 0.5) is 5.82 Å². The van der Waals surface area contributed by atoms with Crippen LogP contribution in [-0.4, -0.2) is 30.3 Å². The molecule has 2 heterocycles. The maximum atomic E-state index is 5.65. The van der Waals surface area contributed by atoms with Gasteiger partial charge >= 0.3 is 0 Å². The maximum absolute atomic E-state index is 5.65. The van der Waals surface area contributed by atoms with Crippen molar-refractivity contribution >= 4 is 5.82 Å². The van der Waals surface area contributed by atoms with Gasteiger partial charge in [-0.05, 0) is 32.4 Å². The molecule has 1 fully saturated rings. The third-order valence-electron chi connectivity index (χ3n) is 3.30. The molecule has 0 amide bonds. The Kier molecular flexibility index (Phi) is 3.64. The molecule has 94 valence electrons. The van der Waals surface area contributed by atoms with E-state index in [4.69, 9.17) is 10.5 Å². The highest BCUT2D eigenvalue weighted by molar-refractivity contribution is 5.43. The van der Waals surface area contributed by atoms with E-state index in [0.29, 0.717) is 12.6 Å². The van der Waals surface area contributed by atoms with Gasteiger partial charge in [0.25, 0.3) is 0 Å². The van der Waals surface area contributed by atoms with Crippen molar-refractivity contribution in [3.05, 3.63) is 23.4 Å². The Morgan fingerprint density at radius 3 is 2.88 bits per heavy atom. The number of nitrogens with zero attached hydrogens (tertiary/aromatic N) is 2. The lowest BCUT2D eigenvalue weighted by molar-refractivity contribution is 0.0340. The first-order valence-corrected chi connectivity index (χ1v) is 6.16. The van der Waals surface area contributed by atoms with Crippen LogP contribution in [0.5, 0.6) is 0 Å². The molecule has 1 saturated heterocycles. The molecule has 1 aliphatic heterocycles. The van der Waals surface area contributed by atoms with E-state index in [2.05, 4.69) is 35.9 Å². The van der Waals surface area contributed by atoms with Gasteiger partial charge in [0.05, 0.1) is 18.8 Å². The Labute approximate surface area is 103 Å². The van der Waals surface area contributed by atoms with E-state index in [-0.39, 0.29) is 6.10 Å². The molecule has 1 aromatic rings. The van der Waals surface area contributed by atoms with Crippen molar-refractivity contribution in [3.63, 3.8) is 0 Å². The summed E-state index contributed by atoms with van der Waals surface area (Å²) in [6.07, 6.45) is 0.266. The fourth-order valence-electron chi connectivity index (χ4n) is 2.17. The summed E-state index contributed by atoms with van der Waals surface area (Å²) < 4.78 is 5.63. The largest absolute Gasteiger partial charge is 0.375 e. The molecular weight excluding hydrogens is 214 g/mol. The van der Waals surface area contributed by atoms with Crippen LogP contribution in [0.15, 0.2) is 12.1 Å². The number of ether oxygens (including phenoxy) is 1. The first kappa shape index (κ1) is 12.3. The number of hydrogen-bond donors (Lipinski definition) is 1. The molecule has 1 aliphatic rings. The second kappa shape index (κ2) is 5.02. The molecule has 2 rings (SSSR count). The number of rotatable bonds is 2. The van der Waals surface area contributed by atoms with Gasteiger partial charge in [-0.15, -0.1) is 0 Å². The van der Waals surface area contributed by atoms with Gasteiger partial charge in [0, 0.05) is 18.8 Å². The Balaban J connectivity index is 2.23. The minimum atomic E-state index is 0.266. The first-order chi connectivity index (χ1) is 8.11. The molecule has 2 atom stereocenters. The normalized spacial score (nSPS) is 25.1. The summed E-state index contributed by atoms with van der Waals surface area (Å²) >= 11 is 0. The third-order valence-corrected chi connectivity index (χ3v) is 3.30. The van der Waals surface area contributed by atoms with Gasteiger partial charge in [-0.2, -0.15) is 0 Å². The molecule has 0 radical (unpaired) electrons. The lowest BCUT2D eigenvalue weighted by atomic mass is 10.1. The Morgan fingerprint density at radius 1 is 1.47 bits per heavy atom. The zero-order valence-electron chi connectivity index (χ0n) is 10.8. The van der Waals surface area contributed by atoms with Crippen molar-refractivity contribution in [2.45, 2.75) is 39.5 Å². The van der Waals surface area contributed by atoms with Crippen molar-refractivity contribution in [2.75, 3.05) is 18.1 Å². The average Bonchev–Trinajstić information content (AvgIpc) is 2.32. The van der Waals surface area contributed by atoms with Crippen molar-refractivity contribution < 1.29 is 4.74 Å².